The van der Waals surface area contributed by atoms with Gasteiger partial charge in [-0.1, -0.05) is 26.0 Å². The van der Waals surface area contributed by atoms with Crippen molar-refractivity contribution in [2.75, 3.05) is 12.8 Å². The summed E-state index contributed by atoms with van der Waals surface area (Å²) in [4.78, 5) is 0. The van der Waals surface area contributed by atoms with Crippen LogP contribution in [0.1, 0.15) is 31.5 Å². The molecule has 0 saturated carbocycles. The highest BCUT2D eigenvalue weighted by Crippen LogP contribution is 2.42. The van der Waals surface area contributed by atoms with Gasteiger partial charge in [0.1, 0.15) is 17.3 Å². The third-order valence-electron chi connectivity index (χ3n) is 3.97. The Hall–Kier alpha value is -1.97. The SMILES string of the molecule is COc1ccccc1-n1nc2c(c1N)C(C)(C)CC2. The smallest absolute Gasteiger partial charge is 0.144 e. The predicted octanol–water partition coefficient (Wildman–Crippen LogP) is 2.69. The molecule has 0 bridgehead atoms. The van der Waals surface area contributed by atoms with Crippen LogP contribution >= 0.6 is 0 Å². The minimum atomic E-state index is 0.111. The minimum Gasteiger partial charge on any atom is -0.494 e. The van der Waals surface area contributed by atoms with Crippen LogP contribution in [0.25, 0.3) is 5.69 Å². The van der Waals surface area contributed by atoms with Crippen molar-refractivity contribution in [2.24, 2.45) is 0 Å². The topological polar surface area (TPSA) is 53.1 Å². The highest BCUT2D eigenvalue weighted by atomic mass is 16.5. The average Bonchev–Trinajstić information content (AvgIpc) is 2.88. The van der Waals surface area contributed by atoms with Crippen molar-refractivity contribution < 1.29 is 4.74 Å². The van der Waals surface area contributed by atoms with Gasteiger partial charge >= 0.3 is 0 Å². The molecule has 0 radical (unpaired) electrons. The van der Waals surface area contributed by atoms with E-state index in [0.29, 0.717) is 0 Å². The molecule has 0 unspecified atom stereocenters. The van der Waals surface area contributed by atoms with E-state index < -0.39 is 0 Å². The van der Waals surface area contributed by atoms with Crippen LogP contribution in [0.5, 0.6) is 5.75 Å². The number of hydrogen-bond acceptors (Lipinski definition) is 3. The molecule has 0 fully saturated rings. The molecule has 0 saturated heterocycles. The van der Waals surface area contributed by atoms with Crippen molar-refractivity contribution in [3.63, 3.8) is 0 Å². The van der Waals surface area contributed by atoms with Crippen molar-refractivity contribution in [1.29, 1.82) is 0 Å². The second kappa shape index (κ2) is 4.02. The number of benzene rings is 1. The van der Waals surface area contributed by atoms with Gasteiger partial charge in [0.25, 0.3) is 0 Å². The molecular formula is C15H19N3O. The summed E-state index contributed by atoms with van der Waals surface area (Å²) < 4.78 is 7.20. The summed E-state index contributed by atoms with van der Waals surface area (Å²) in [6, 6.07) is 7.81. The van der Waals surface area contributed by atoms with Gasteiger partial charge in [-0.05, 0) is 30.4 Å². The zero-order chi connectivity index (χ0) is 13.6. The van der Waals surface area contributed by atoms with Crippen LogP contribution in [-0.2, 0) is 11.8 Å². The summed E-state index contributed by atoms with van der Waals surface area (Å²) in [6.07, 6.45) is 2.11. The van der Waals surface area contributed by atoms with E-state index in [1.54, 1.807) is 7.11 Å². The maximum Gasteiger partial charge on any atom is 0.144 e. The second-order valence-corrected chi connectivity index (χ2v) is 5.67. The molecule has 0 aliphatic heterocycles. The summed E-state index contributed by atoms with van der Waals surface area (Å²) in [5.74, 6) is 1.52. The molecule has 1 aromatic heterocycles. The Morgan fingerprint density at radius 1 is 1.32 bits per heavy atom. The van der Waals surface area contributed by atoms with Crippen LogP contribution in [0, 0.1) is 0 Å². The van der Waals surface area contributed by atoms with Crippen molar-refractivity contribution in [1.82, 2.24) is 9.78 Å². The Morgan fingerprint density at radius 3 is 2.74 bits per heavy atom. The molecule has 0 atom stereocenters. The molecule has 0 spiro atoms. The highest BCUT2D eigenvalue weighted by Gasteiger charge is 2.36. The maximum absolute atomic E-state index is 6.33. The molecule has 19 heavy (non-hydrogen) atoms. The fraction of sp³-hybridized carbons (Fsp3) is 0.400. The number of ether oxygens (including phenoxy) is 1. The van der Waals surface area contributed by atoms with E-state index in [1.807, 2.05) is 28.9 Å². The van der Waals surface area contributed by atoms with Crippen molar-refractivity contribution in [3.8, 4) is 11.4 Å². The molecule has 1 aliphatic rings. The number of nitrogens with two attached hydrogens (primary N) is 1. The number of anilines is 1. The van der Waals surface area contributed by atoms with E-state index >= 15 is 0 Å². The summed E-state index contributed by atoms with van der Waals surface area (Å²) in [5.41, 5.74) is 9.65. The standard InChI is InChI=1S/C15H19N3O/c1-15(2)9-8-10-13(15)14(16)18(17-10)11-6-4-5-7-12(11)19-3/h4-7H,8-9,16H2,1-3H3. The van der Waals surface area contributed by atoms with E-state index in [-0.39, 0.29) is 5.41 Å². The Labute approximate surface area is 113 Å². The van der Waals surface area contributed by atoms with E-state index in [2.05, 4.69) is 18.9 Å². The van der Waals surface area contributed by atoms with E-state index in [9.17, 15) is 0 Å². The summed E-state index contributed by atoms with van der Waals surface area (Å²) in [6.45, 7) is 4.45. The Bertz CT molecular complexity index is 628. The zero-order valence-corrected chi connectivity index (χ0v) is 11.6. The number of fused-ring (bicyclic) bond motifs is 1. The van der Waals surface area contributed by atoms with Crippen molar-refractivity contribution in [3.05, 3.63) is 35.5 Å². The van der Waals surface area contributed by atoms with Gasteiger partial charge in [0.05, 0.1) is 12.8 Å². The molecule has 2 N–H and O–H groups in total. The third-order valence-corrected chi connectivity index (χ3v) is 3.97. The van der Waals surface area contributed by atoms with Gasteiger partial charge in [0.15, 0.2) is 0 Å². The van der Waals surface area contributed by atoms with Gasteiger partial charge in [-0.3, -0.25) is 0 Å². The third kappa shape index (κ3) is 1.70. The average molecular weight is 257 g/mol. The number of methoxy groups -OCH3 is 1. The molecule has 100 valence electrons. The fourth-order valence-electron chi connectivity index (χ4n) is 2.93. The number of aromatic nitrogens is 2. The van der Waals surface area contributed by atoms with E-state index in [4.69, 9.17) is 10.5 Å². The summed E-state index contributed by atoms with van der Waals surface area (Å²) >= 11 is 0. The van der Waals surface area contributed by atoms with Gasteiger partial charge in [-0.15, -0.1) is 0 Å². The van der Waals surface area contributed by atoms with Crippen LogP contribution < -0.4 is 10.5 Å². The Balaban J connectivity index is 2.19. The van der Waals surface area contributed by atoms with Crippen LogP contribution in [0.2, 0.25) is 0 Å². The quantitative estimate of drug-likeness (QED) is 0.900. The first-order chi connectivity index (χ1) is 9.04. The predicted molar refractivity (Wildman–Crippen MR) is 75.9 cm³/mol. The molecule has 1 heterocycles. The number of aryl methyl sites for hydroxylation is 1. The monoisotopic (exact) mass is 257 g/mol. The van der Waals surface area contributed by atoms with Gasteiger partial charge in [0.2, 0.25) is 0 Å². The number of nitrogen functional groups attached to an aromatic ring is 1. The Kier molecular flexibility index (Phi) is 2.55. The van der Waals surface area contributed by atoms with Crippen LogP contribution in [0.4, 0.5) is 5.82 Å². The lowest BCUT2D eigenvalue weighted by Crippen LogP contribution is -2.15. The number of rotatable bonds is 2. The molecule has 1 aliphatic carbocycles. The molecule has 3 rings (SSSR count). The lowest BCUT2D eigenvalue weighted by Gasteiger charge is -2.19. The van der Waals surface area contributed by atoms with Gasteiger partial charge in [0, 0.05) is 5.56 Å². The number of hydrogen-bond donors (Lipinski definition) is 1. The van der Waals surface area contributed by atoms with Crippen LogP contribution in [-0.4, -0.2) is 16.9 Å². The first-order valence-electron chi connectivity index (χ1n) is 6.56. The second-order valence-electron chi connectivity index (χ2n) is 5.67. The van der Waals surface area contributed by atoms with Crippen molar-refractivity contribution >= 4 is 5.82 Å². The molecule has 2 aromatic rings. The lowest BCUT2D eigenvalue weighted by atomic mass is 9.87. The largest absolute Gasteiger partial charge is 0.494 e. The number of nitrogens with zero attached hydrogens (tertiary/aromatic N) is 2. The van der Waals surface area contributed by atoms with Crippen LogP contribution in [0.3, 0.4) is 0 Å². The minimum absolute atomic E-state index is 0.111. The molecular weight excluding hydrogens is 238 g/mol. The highest BCUT2D eigenvalue weighted by molar-refractivity contribution is 5.58. The zero-order valence-electron chi connectivity index (χ0n) is 11.6. The summed E-state index contributed by atoms with van der Waals surface area (Å²) in [7, 11) is 1.66. The van der Waals surface area contributed by atoms with Gasteiger partial charge in [-0.25, -0.2) is 4.68 Å². The first-order valence-corrected chi connectivity index (χ1v) is 6.56. The van der Waals surface area contributed by atoms with Crippen LogP contribution in [0.15, 0.2) is 24.3 Å². The van der Waals surface area contributed by atoms with Crippen molar-refractivity contribution in [2.45, 2.75) is 32.1 Å². The molecule has 4 nitrogen and oxygen atoms in total. The first kappa shape index (κ1) is 12.1. The summed E-state index contributed by atoms with van der Waals surface area (Å²) in [5, 5.41) is 4.68. The van der Waals surface area contributed by atoms with E-state index in [1.165, 1.54) is 5.56 Å². The number of para-hydroxylation sites is 2. The molecule has 1 aromatic carbocycles. The molecule has 4 heteroatoms. The van der Waals surface area contributed by atoms with Gasteiger partial charge in [-0.2, -0.15) is 5.10 Å². The lowest BCUT2D eigenvalue weighted by molar-refractivity contribution is 0.411. The van der Waals surface area contributed by atoms with Gasteiger partial charge < -0.3 is 10.5 Å². The maximum atomic E-state index is 6.33. The fourth-order valence-corrected chi connectivity index (χ4v) is 2.93. The molecule has 0 amide bonds. The van der Waals surface area contributed by atoms with E-state index in [0.717, 1.165) is 35.8 Å². The normalized spacial score (nSPS) is 16.4. The Morgan fingerprint density at radius 2 is 2.05 bits per heavy atom.